The molecule has 0 spiro atoms. The predicted octanol–water partition coefficient (Wildman–Crippen LogP) is 2.65. The van der Waals surface area contributed by atoms with Crippen LogP contribution in [0.15, 0.2) is 24.3 Å². The van der Waals surface area contributed by atoms with Crippen LogP contribution in [-0.2, 0) is 6.42 Å². The maximum atomic E-state index is 6.09. The highest BCUT2D eigenvalue weighted by molar-refractivity contribution is 5.29. The van der Waals surface area contributed by atoms with E-state index in [2.05, 4.69) is 24.3 Å². The zero-order chi connectivity index (χ0) is 11.0. The summed E-state index contributed by atoms with van der Waals surface area (Å²) < 4.78 is 5.78. The molecule has 0 bridgehead atoms. The molecule has 3 rings (SSSR count). The summed E-state index contributed by atoms with van der Waals surface area (Å²) in [5.74, 6) is 1.03. The molecule has 2 saturated carbocycles. The molecule has 0 heterocycles. The van der Waals surface area contributed by atoms with Gasteiger partial charge in [0.1, 0.15) is 5.75 Å². The fraction of sp³-hybridized carbons (Fsp3) is 0.571. The number of benzene rings is 1. The molecule has 2 aliphatic rings. The van der Waals surface area contributed by atoms with E-state index in [4.69, 9.17) is 10.5 Å². The van der Waals surface area contributed by atoms with Gasteiger partial charge in [-0.2, -0.15) is 0 Å². The molecule has 0 unspecified atom stereocenters. The van der Waals surface area contributed by atoms with Crippen LogP contribution in [0.3, 0.4) is 0 Å². The van der Waals surface area contributed by atoms with Gasteiger partial charge in [-0.05, 0) is 56.2 Å². The molecular formula is C14H19NO. The highest BCUT2D eigenvalue weighted by atomic mass is 16.5. The van der Waals surface area contributed by atoms with Gasteiger partial charge in [0.25, 0.3) is 0 Å². The molecule has 0 saturated heterocycles. The van der Waals surface area contributed by atoms with E-state index in [1.54, 1.807) is 0 Å². The van der Waals surface area contributed by atoms with Crippen molar-refractivity contribution in [2.45, 2.75) is 50.2 Å². The van der Waals surface area contributed by atoms with Crippen LogP contribution in [0.25, 0.3) is 0 Å². The minimum absolute atomic E-state index is 0.160. The highest BCUT2D eigenvalue weighted by Gasteiger charge is 2.37. The minimum Gasteiger partial charge on any atom is -0.490 e. The van der Waals surface area contributed by atoms with Crippen molar-refractivity contribution < 1.29 is 4.74 Å². The van der Waals surface area contributed by atoms with E-state index >= 15 is 0 Å². The van der Waals surface area contributed by atoms with Crippen molar-refractivity contribution in [2.24, 2.45) is 5.73 Å². The van der Waals surface area contributed by atoms with Crippen molar-refractivity contribution >= 4 is 0 Å². The first-order valence-corrected chi connectivity index (χ1v) is 6.28. The molecule has 2 fully saturated rings. The van der Waals surface area contributed by atoms with Crippen LogP contribution in [-0.4, -0.2) is 11.6 Å². The van der Waals surface area contributed by atoms with E-state index in [0.29, 0.717) is 6.10 Å². The third kappa shape index (κ3) is 2.56. The van der Waals surface area contributed by atoms with Gasteiger partial charge < -0.3 is 10.5 Å². The average Bonchev–Trinajstić information content (AvgIpc) is 3.17. The molecule has 0 aromatic heterocycles. The maximum Gasteiger partial charge on any atom is 0.119 e. The van der Waals surface area contributed by atoms with Gasteiger partial charge in [0, 0.05) is 5.54 Å². The van der Waals surface area contributed by atoms with Crippen LogP contribution < -0.4 is 10.5 Å². The minimum atomic E-state index is 0.160. The summed E-state index contributed by atoms with van der Waals surface area (Å²) in [5, 5.41) is 0. The average molecular weight is 217 g/mol. The molecule has 2 aliphatic carbocycles. The molecule has 2 nitrogen and oxygen atoms in total. The Hall–Kier alpha value is -1.02. The van der Waals surface area contributed by atoms with Crippen molar-refractivity contribution in [3.05, 3.63) is 29.8 Å². The van der Waals surface area contributed by atoms with Crippen LogP contribution in [0.1, 0.15) is 37.7 Å². The summed E-state index contributed by atoms with van der Waals surface area (Å²) in [7, 11) is 0. The Balaban J connectivity index is 1.59. The summed E-state index contributed by atoms with van der Waals surface area (Å²) in [4.78, 5) is 0. The number of ether oxygens (including phenoxy) is 1. The van der Waals surface area contributed by atoms with Crippen molar-refractivity contribution in [1.82, 2.24) is 0 Å². The molecule has 2 N–H and O–H groups in total. The third-order valence-corrected chi connectivity index (χ3v) is 3.53. The quantitative estimate of drug-likeness (QED) is 0.823. The van der Waals surface area contributed by atoms with Crippen LogP contribution in [0.4, 0.5) is 0 Å². The van der Waals surface area contributed by atoms with E-state index in [1.807, 2.05) is 0 Å². The zero-order valence-corrected chi connectivity index (χ0v) is 9.61. The molecule has 86 valence electrons. The number of aryl methyl sites for hydroxylation is 1. The normalized spacial score (nSPS) is 21.8. The predicted molar refractivity (Wildman–Crippen MR) is 64.6 cm³/mol. The summed E-state index contributed by atoms with van der Waals surface area (Å²) >= 11 is 0. The lowest BCUT2D eigenvalue weighted by Crippen LogP contribution is -2.22. The lowest BCUT2D eigenvalue weighted by Gasteiger charge is -2.10. The molecule has 16 heavy (non-hydrogen) atoms. The zero-order valence-electron chi connectivity index (χ0n) is 9.61. The maximum absolute atomic E-state index is 6.09. The molecule has 1 aromatic rings. The van der Waals surface area contributed by atoms with Crippen LogP contribution >= 0.6 is 0 Å². The number of hydrogen-bond donors (Lipinski definition) is 1. The summed E-state index contributed by atoms with van der Waals surface area (Å²) in [5.41, 5.74) is 7.61. The van der Waals surface area contributed by atoms with E-state index in [1.165, 1.54) is 31.2 Å². The molecule has 2 heteroatoms. The second kappa shape index (κ2) is 3.77. The van der Waals surface area contributed by atoms with Crippen LogP contribution in [0.5, 0.6) is 5.75 Å². The fourth-order valence-corrected chi connectivity index (χ4v) is 1.96. The Bertz CT molecular complexity index is 380. The van der Waals surface area contributed by atoms with E-state index < -0.39 is 0 Å². The van der Waals surface area contributed by atoms with E-state index in [-0.39, 0.29) is 5.54 Å². The SMILES string of the molecule is NC1(CCc2cccc(OC3CC3)c2)CC1. The lowest BCUT2D eigenvalue weighted by atomic mass is 10.0. The number of nitrogens with two attached hydrogens (primary N) is 1. The molecule has 0 amide bonds. The third-order valence-electron chi connectivity index (χ3n) is 3.53. The summed E-state index contributed by atoms with van der Waals surface area (Å²) in [6.07, 6.45) is 7.51. The monoisotopic (exact) mass is 217 g/mol. The number of rotatable bonds is 5. The summed E-state index contributed by atoms with van der Waals surface area (Å²) in [6.45, 7) is 0. The second-order valence-electron chi connectivity index (χ2n) is 5.33. The summed E-state index contributed by atoms with van der Waals surface area (Å²) in [6, 6.07) is 8.48. The number of hydrogen-bond acceptors (Lipinski definition) is 2. The molecule has 0 atom stereocenters. The largest absolute Gasteiger partial charge is 0.490 e. The van der Waals surface area contributed by atoms with Gasteiger partial charge in [-0.25, -0.2) is 0 Å². The topological polar surface area (TPSA) is 35.2 Å². The van der Waals surface area contributed by atoms with E-state index in [0.717, 1.165) is 18.6 Å². The highest BCUT2D eigenvalue weighted by Crippen LogP contribution is 2.36. The fourth-order valence-electron chi connectivity index (χ4n) is 1.96. The Morgan fingerprint density at radius 2 is 2.12 bits per heavy atom. The Kier molecular flexibility index (Phi) is 2.40. The van der Waals surface area contributed by atoms with Crippen molar-refractivity contribution in [1.29, 1.82) is 0 Å². The second-order valence-corrected chi connectivity index (χ2v) is 5.33. The van der Waals surface area contributed by atoms with Crippen molar-refractivity contribution in [3.63, 3.8) is 0 Å². The van der Waals surface area contributed by atoms with Gasteiger partial charge in [0.2, 0.25) is 0 Å². The van der Waals surface area contributed by atoms with Gasteiger partial charge in [-0.1, -0.05) is 12.1 Å². The Morgan fingerprint density at radius 1 is 1.31 bits per heavy atom. The van der Waals surface area contributed by atoms with E-state index in [9.17, 15) is 0 Å². The Labute approximate surface area is 96.8 Å². The van der Waals surface area contributed by atoms with Gasteiger partial charge in [0.15, 0.2) is 0 Å². The first-order valence-electron chi connectivity index (χ1n) is 6.28. The van der Waals surface area contributed by atoms with Crippen LogP contribution in [0, 0.1) is 0 Å². The van der Waals surface area contributed by atoms with Crippen LogP contribution in [0.2, 0.25) is 0 Å². The van der Waals surface area contributed by atoms with Gasteiger partial charge in [0.05, 0.1) is 6.10 Å². The first-order chi connectivity index (χ1) is 7.73. The van der Waals surface area contributed by atoms with Gasteiger partial charge in [-0.15, -0.1) is 0 Å². The van der Waals surface area contributed by atoms with Crippen molar-refractivity contribution in [2.75, 3.05) is 0 Å². The molecule has 1 aromatic carbocycles. The first kappa shape index (κ1) is 10.2. The smallest absolute Gasteiger partial charge is 0.119 e. The molecular weight excluding hydrogens is 198 g/mol. The van der Waals surface area contributed by atoms with Crippen molar-refractivity contribution in [3.8, 4) is 5.75 Å². The molecule has 0 aliphatic heterocycles. The standard InChI is InChI=1S/C14H19NO/c15-14(8-9-14)7-6-11-2-1-3-13(10-11)16-12-4-5-12/h1-3,10,12H,4-9,15H2. The lowest BCUT2D eigenvalue weighted by molar-refractivity contribution is 0.303. The van der Waals surface area contributed by atoms with Gasteiger partial charge >= 0.3 is 0 Å². The van der Waals surface area contributed by atoms with Gasteiger partial charge in [-0.3, -0.25) is 0 Å². The molecule has 0 radical (unpaired) electrons. The Morgan fingerprint density at radius 3 is 2.81 bits per heavy atom.